The van der Waals surface area contributed by atoms with Crippen LogP contribution in [0.15, 0.2) is 0 Å². The van der Waals surface area contributed by atoms with Gasteiger partial charge in [-0.05, 0) is 6.42 Å². The molecule has 1 heterocycles. The van der Waals surface area contributed by atoms with Gasteiger partial charge in [0.05, 0.1) is 6.26 Å². The van der Waals surface area contributed by atoms with Gasteiger partial charge in [0.1, 0.15) is 6.04 Å². The van der Waals surface area contributed by atoms with Crippen molar-refractivity contribution < 1.29 is 18.3 Å². The molecule has 0 saturated carbocycles. The van der Waals surface area contributed by atoms with E-state index in [0.29, 0.717) is 39.1 Å². The molecule has 1 unspecified atom stereocenters. The molecule has 8 heteroatoms. The van der Waals surface area contributed by atoms with Crippen molar-refractivity contribution >= 4 is 16.0 Å². The van der Waals surface area contributed by atoms with Crippen molar-refractivity contribution in [1.82, 2.24) is 9.21 Å². The molecule has 1 saturated heterocycles. The number of aliphatic carboxylic acids is 1. The molecule has 0 spiro atoms. The molecule has 0 aliphatic carbocycles. The van der Waals surface area contributed by atoms with Gasteiger partial charge in [0.2, 0.25) is 10.0 Å². The first-order chi connectivity index (χ1) is 7.80. The Balaban J connectivity index is 2.31. The summed E-state index contributed by atoms with van der Waals surface area (Å²) in [5.41, 5.74) is 5.40. The highest BCUT2D eigenvalue weighted by Gasteiger charge is 2.23. The van der Waals surface area contributed by atoms with Gasteiger partial charge in [-0.1, -0.05) is 0 Å². The topological polar surface area (TPSA) is 104 Å². The highest BCUT2D eigenvalue weighted by Crippen LogP contribution is 2.06. The van der Waals surface area contributed by atoms with Gasteiger partial charge in [0.15, 0.2) is 0 Å². The quantitative estimate of drug-likeness (QED) is 0.618. The molecule has 17 heavy (non-hydrogen) atoms. The van der Waals surface area contributed by atoms with E-state index in [2.05, 4.69) is 0 Å². The van der Waals surface area contributed by atoms with Crippen molar-refractivity contribution in [1.29, 1.82) is 0 Å². The summed E-state index contributed by atoms with van der Waals surface area (Å²) in [5.74, 6) is -1.00. The number of nitrogens with zero attached hydrogens (tertiary/aromatic N) is 2. The fourth-order valence-electron chi connectivity index (χ4n) is 1.73. The molecule has 1 aliphatic rings. The number of carboxylic acid groups (broad SMARTS) is 1. The van der Waals surface area contributed by atoms with E-state index in [1.165, 1.54) is 10.6 Å². The van der Waals surface area contributed by atoms with Crippen molar-refractivity contribution in [3.8, 4) is 0 Å². The second-order valence-corrected chi connectivity index (χ2v) is 6.22. The van der Waals surface area contributed by atoms with Crippen LogP contribution in [0.4, 0.5) is 0 Å². The Labute approximate surface area is 101 Å². The van der Waals surface area contributed by atoms with Gasteiger partial charge in [-0.2, -0.15) is 4.31 Å². The molecule has 0 aromatic carbocycles. The monoisotopic (exact) mass is 265 g/mol. The number of hydrogen-bond acceptors (Lipinski definition) is 5. The van der Waals surface area contributed by atoms with Crippen LogP contribution in [0.25, 0.3) is 0 Å². The van der Waals surface area contributed by atoms with Crippen molar-refractivity contribution in [2.45, 2.75) is 12.5 Å². The fourth-order valence-corrected chi connectivity index (χ4v) is 2.56. The van der Waals surface area contributed by atoms with Gasteiger partial charge in [0, 0.05) is 32.7 Å². The SMILES string of the molecule is CS(=O)(=O)N1CCN(CCC(N)C(=O)O)CC1. The molecular weight excluding hydrogens is 246 g/mol. The average molecular weight is 265 g/mol. The zero-order chi connectivity index (χ0) is 13.1. The standard InChI is InChI=1S/C9H19N3O4S/c1-17(15,16)12-6-4-11(5-7-12)3-2-8(10)9(13)14/h8H,2-7,10H2,1H3,(H,13,14). The number of carboxylic acids is 1. The Bertz CT molecular complexity index is 362. The van der Waals surface area contributed by atoms with Gasteiger partial charge in [0.25, 0.3) is 0 Å². The van der Waals surface area contributed by atoms with Crippen LogP contribution in [0.3, 0.4) is 0 Å². The summed E-state index contributed by atoms with van der Waals surface area (Å²) in [6.45, 7) is 2.76. The number of hydrogen-bond donors (Lipinski definition) is 2. The third-order valence-corrected chi connectivity index (χ3v) is 4.18. The highest BCUT2D eigenvalue weighted by atomic mass is 32.2. The van der Waals surface area contributed by atoms with Crippen LogP contribution in [-0.2, 0) is 14.8 Å². The number of carbonyl (C=O) groups is 1. The first kappa shape index (κ1) is 14.4. The molecule has 0 bridgehead atoms. The minimum atomic E-state index is -3.11. The van der Waals surface area contributed by atoms with Crippen molar-refractivity contribution in [3.05, 3.63) is 0 Å². The second kappa shape index (κ2) is 5.76. The third kappa shape index (κ3) is 4.58. The van der Waals surface area contributed by atoms with Crippen LogP contribution in [0.1, 0.15) is 6.42 Å². The van der Waals surface area contributed by atoms with Crippen LogP contribution in [0.2, 0.25) is 0 Å². The minimum absolute atomic E-state index is 0.383. The summed E-state index contributed by atoms with van der Waals surface area (Å²) in [7, 11) is -3.11. The van der Waals surface area contributed by atoms with Crippen LogP contribution in [0.5, 0.6) is 0 Å². The molecule has 0 aromatic rings. The fraction of sp³-hybridized carbons (Fsp3) is 0.889. The van der Waals surface area contributed by atoms with Crippen LogP contribution in [0, 0.1) is 0 Å². The first-order valence-electron chi connectivity index (χ1n) is 5.46. The molecule has 3 N–H and O–H groups in total. The summed E-state index contributed by atoms with van der Waals surface area (Å²) in [6.07, 6.45) is 1.58. The lowest BCUT2D eigenvalue weighted by molar-refractivity contribution is -0.138. The number of nitrogens with two attached hydrogens (primary N) is 1. The Morgan fingerprint density at radius 3 is 2.29 bits per heavy atom. The van der Waals surface area contributed by atoms with Gasteiger partial charge < -0.3 is 15.7 Å². The van der Waals surface area contributed by atoms with E-state index in [1.54, 1.807) is 0 Å². The first-order valence-corrected chi connectivity index (χ1v) is 7.31. The highest BCUT2D eigenvalue weighted by molar-refractivity contribution is 7.88. The van der Waals surface area contributed by atoms with E-state index < -0.39 is 22.0 Å². The molecule has 100 valence electrons. The van der Waals surface area contributed by atoms with E-state index in [1.807, 2.05) is 4.90 Å². The molecule has 0 radical (unpaired) electrons. The zero-order valence-electron chi connectivity index (χ0n) is 9.87. The Hall–Kier alpha value is -0.700. The molecule has 1 aliphatic heterocycles. The van der Waals surface area contributed by atoms with Crippen LogP contribution in [-0.4, -0.2) is 73.7 Å². The Morgan fingerprint density at radius 1 is 1.35 bits per heavy atom. The van der Waals surface area contributed by atoms with Gasteiger partial charge >= 0.3 is 5.97 Å². The summed E-state index contributed by atoms with van der Waals surface area (Å²) in [5, 5.41) is 8.63. The number of piperazine rings is 1. The lowest BCUT2D eigenvalue weighted by Gasteiger charge is -2.33. The van der Waals surface area contributed by atoms with Gasteiger partial charge in [-0.15, -0.1) is 0 Å². The van der Waals surface area contributed by atoms with E-state index in [9.17, 15) is 13.2 Å². The summed E-state index contributed by atoms with van der Waals surface area (Å²) < 4.78 is 23.9. The summed E-state index contributed by atoms with van der Waals surface area (Å²) >= 11 is 0. The van der Waals surface area contributed by atoms with E-state index >= 15 is 0 Å². The molecule has 1 fully saturated rings. The number of sulfonamides is 1. The smallest absolute Gasteiger partial charge is 0.320 e. The maximum Gasteiger partial charge on any atom is 0.320 e. The van der Waals surface area contributed by atoms with E-state index in [0.717, 1.165) is 0 Å². The molecule has 1 atom stereocenters. The van der Waals surface area contributed by atoms with Gasteiger partial charge in [-0.25, -0.2) is 8.42 Å². The Morgan fingerprint density at radius 2 is 1.88 bits per heavy atom. The lowest BCUT2D eigenvalue weighted by Crippen LogP contribution is -2.49. The maximum absolute atomic E-state index is 11.3. The number of rotatable bonds is 5. The minimum Gasteiger partial charge on any atom is -0.480 e. The summed E-state index contributed by atoms with van der Waals surface area (Å²) in [4.78, 5) is 12.6. The maximum atomic E-state index is 11.3. The predicted octanol–water partition coefficient (Wildman–Crippen LogP) is -1.63. The second-order valence-electron chi connectivity index (χ2n) is 4.24. The lowest BCUT2D eigenvalue weighted by atomic mass is 10.2. The predicted molar refractivity (Wildman–Crippen MR) is 63.1 cm³/mol. The summed E-state index contributed by atoms with van der Waals surface area (Å²) in [6, 6.07) is -0.845. The van der Waals surface area contributed by atoms with Crippen LogP contribution < -0.4 is 5.73 Å². The normalized spacial score (nSPS) is 21.3. The average Bonchev–Trinajstić information content (AvgIpc) is 2.25. The van der Waals surface area contributed by atoms with Gasteiger partial charge in [-0.3, -0.25) is 4.79 Å². The molecule has 1 rings (SSSR count). The van der Waals surface area contributed by atoms with Crippen molar-refractivity contribution in [2.75, 3.05) is 39.0 Å². The largest absolute Gasteiger partial charge is 0.480 e. The molecule has 7 nitrogen and oxygen atoms in total. The van der Waals surface area contributed by atoms with E-state index in [-0.39, 0.29) is 0 Å². The van der Waals surface area contributed by atoms with Crippen molar-refractivity contribution in [3.63, 3.8) is 0 Å². The molecule has 0 amide bonds. The zero-order valence-corrected chi connectivity index (χ0v) is 10.7. The molecular formula is C9H19N3O4S. The Kier molecular flexibility index (Phi) is 4.87. The van der Waals surface area contributed by atoms with E-state index in [4.69, 9.17) is 10.8 Å². The third-order valence-electron chi connectivity index (χ3n) is 2.87. The molecule has 0 aromatic heterocycles. The van der Waals surface area contributed by atoms with Crippen LogP contribution >= 0.6 is 0 Å². The van der Waals surface area contributed by atoms with Crippen molar-refractivity contribution in [2.24, 2.45) is 5.73 Å².